The molecule has 0 saturated heterocycles. The first-order valence-corrected chi connectivity index (χ1v) is 8.09. The number of halogens is 2. The third-order valence-corrected chi connectivity index (χ3v) is 5.16. The van der Waals surface area contributed by atoms with Crippen molar-refractivity contribution in [3.05, 3.63) is 42.1 Å². The molecule has 8 heteroatoms. The van der Waals surface area contributed by atoms with Crippen molar-refractivity contribution in [2.24, 2.45) is 0 Å². The maximum absolute atomic E-state index is 14.2. The van der Waals surface area contributed by atoms with Crippen molar-refractivity contribution in [2.45, 2.75) is 22.8 Å². The molecular weight excluding hydrogens is 312 g/mol. The van der Waals surface area contributed by atoms with Crippen molar-refractivity contribution in [1.29, 1.82) is 0 Å². The van der Waals surface area contributed by atoms with Gasteiger partial charge in [0, 0.05) is 12.6 Å². The first-order chi connectivity index (χ1) is 10.4. The molecule has 3 rings (SSSR count). The number of aromatic nitrogens is 1. The zero-order chi connectivity index (χ0) is 15.9. The van der Waals surface area contributed by atoms with Crippen LogP contribution in [-0.4, -0.2) is 26.0 Å². The maximum Gasteiger partial charge on any atom is 0.252 e. The molecule has 0 fully saturated rings. The van der Waals surface area contributed by atoms with Crippen LogP contribution in [0.25, 0.3) is 0 Å². The Labute approximate surface area is 126 Å². The molecule has 0 radical (unpaired) electrons. The number of sulfone groups is 1. The summed E-state index contributed by atoms with van der Waals surface area (Å²) in [6.07, 6.45) is 0. The summed E-state index contributed by atoms with van der Waals surface area (Å²) < 4.78 is 53.3. The highest BCUT2D eigenvalue weighted by Gasteiger charge is 2.33. The Bertz CT molecular complexity index is 826. The van der Waals surface area contributed by atoms with Gasteiger partial charge in [0.25, 0.3) is 5.95 Å². The van der Waals surface area contributed by atoms with E-state index in [0.717, 1.165) is 0 Å². The molecule has 1 aliphatic heterocycles. The van der Waals surface area contributed by atoms with E-state index in [2.05, 4.69) is 15.6 Å². The van der Waals surface area contributed by atoms with Gasteiger partial charge in [-0.25, -0.2) is 12.8 Å². The Hall–Kier alpha value is -2.22. The van der Waals surface area contributed by atoms with Crippen LogP contribution < -0.4 is 10.6 Å². The summed E-state index contributed by atoms with van der Waals surface area (Å²) >= 11 is 0. The second-order valence-electron chi connectivity index (χ2n) is 5.01. The van der Waals surface area contributed by atoms with Crippen molar-refractivity contribution in [3.8, 4) is 0 Å². The van der Waals surface area contributed by atoms with E-state index in [1.165, 1.54) is 24.3 Å². The molecule has 0 aliphatic carbocycles. The van der Waals surface area contributed by atoms with E-state index < -0.39 is 26.5 Å². The number of fused-ring (bicyclic) bond motifs is 1. The van der Waals surface area contributed by atoms with Crippen LogP contribution in [0.4, 0.5) is 20.3 Å². The summed E-state index contributed by atoms with van der Waals surface area (Å²) in [6.45, 7) is 2.21. The van der Waals surface area contributed by atoms with Gasteiger partial charge in [-0.2, -0.15) is 9.37 Å². The topological polar surface area (TPSA) is 71.1 Å². The molecule has 1 unspecified atom stereocenters. The van der Waals surface area contributed by atoms with Crippen LogP contribution in [-0.2, 0) is 9.84 Å². The number of nitrogens with zero attached hydrogens (tertiary/aromatic N) is 1. The number of benzene rings is 1. The molecule has 0 amide bonds. The van der Waals surface area contributed by atoms with E-state index in [0.29, 0.717) is 6.54 Å². The van der Waals surface area contributed by atoms with E-state index in [4.69, 9.17) is 0 Å². The molecule has 1 atom stereocenters. The van der Waals surface area contributed by atoms with Crippen molar-refractivity contribution < 1.29 is 17.2 Å². The number of nitrogens with one attached hydrogen (secondary N) is 2. The van der Waals surface area contributed by atoms with Gasteiger partial charge in [-0.15, -0.1) is 0 Å². The fourth-order valence-electron chi connectivity index (χ4n) is 2.29. The van der Waals surface area contributed by atoms with Crippen molar-refractivity contribution in [3.63, 3.8) is 0 Å². The highest BCUT2D eigenvalue weighted by Crippen LogP contribution is 2.37. The Morgan fingerprint density at radius 1 is 1.23 bits per heavy atom. The molecule has 1 aromatic heterocycles. The summed E-state index contributed by atoms with van der Waals surface area (Å²) in [5, 5.41) is 5.66. The number of hydrogen-bond donors (Lipinski definition) is 2. The second kappa shape index (κ2) is 5.20. The summed E-state index contributed by atoms with van der Waals surface area (Å²) in [5.74, 6) is -2.94. The SMILES string of the molecule is CC1CNc2nc(F)c(F)c(S(=O)(=O)c3ccccc3)c2N1. The predicted molar refractivity (Wildman–Crippen MR) is 77.6 cm³/mol. The molecule has 2 aromatic rings. The molecule has 5 nitrogen and oxygen atoms in total. The standard InChI is InChI=1S/C14H13F2N3O2S/c1-8-7-17-14-11(18-8)12(10(15)13(16)19-14)22(20,21)9-5-3-2-4-6-9/h2-6,8,18H,7H2,1H3,(H,17,19). The number of rotatable bonds is 2. The number of hydrogen-bond acceptors (Lipinski definition) is 5. The summed E-state index contributed by atoms with van der Waals surface area (Å²) in [4.78, 5) is 2.60. The molecule has 1 aliphatic rings. The summed E-state index contributed by atoms with van der Waals surface area (Å²) in [6, 6.07) is 7.19. The predicted octanol–water partition coefficient (Wildman–Crippen LogP) is 2.42. The number of anilines is 2. The lowest BCUT2D eigenvalue weighted by Gasteiger charge is -2.27. The lowest BCUT2D eigenvalue weighted by atomic mass is 10.2. The van der Waals surface area contributed by atoms with E-state index in [1.54, 1.807) is 13.0 Å². The molecule has 0 spiro atoms. The van der Waals surface area contributed by atoms with Crippen LogP contribution in [0.15, 0.2) is 40.1 Å². The lowest BCUT2D eigenvalue weighted by molar-refractivity contribution is 0.459. The van der Waals surface area contributed by atoms with Gasteiger partial charge < -0.3 is 10.6 Å². The quantitative estimate of drug-likeness (QED) is 0.830. The largest absolute Gasteiger partial charge is 0.377 e. The first kappa shape index (κ1) is 14.7. The van der Waals surface area contributed by atoms with Gasteiger partial charge in [0.1, 0.15) is 4.90 Å². The third kappa shape index (κ3) is 2.29. The summed E-state index contributed by atoms with van der Waals surface area (Å²) in [7, 11) is -4.21. The Morgan fingerprint density at radius 2 is 1.91 bits per heavy atom. The molecule has 2 N–H and O–H groups in total. The van der Waals surface area contributed by atoms with Crippen molar-refractivity contribution >= 4 is 21.3 Å². The molecular formula is C14H13F2N3O2S. The molecule has 0 bridgehead atoms. The second-order valence-corrected chi connectivity index (χ2v) is 6.90. The zero-order valence-electron chi connectivity index (χ0n) is 11.6. The third-order valence-electron chi connectivity index (χ3n) is 3.34. The van der Waals surface area contributed by atoms with Gasteiger partial charge in [0.15, 0.2) is 11.6 Å². The van der Waals surface area contributed by atoms with Gasteiger partial charge in [-0.1, -0.05) is 18.2 Å². The van der Waals surface area contributed by atoms with Crippen molar-refractivity contribution in [2.75, 3.05) is 17.2 Å². The maximum atomic E-state index is 14.2. The normalized spacial score (nSPS) is 17.3. The molecule has 0 saturated carbocycles. The highest BCUT2D eigenvalue weighted by molar-refractivity contribution is 7.91. The minimum absolute atomic E-state index is 0.00786. The average molecular weight is 325 g/mol. The zero-order valence-corrected chi connectivity index (χ0v) is 12.4. The van der Waals surface area contributed by atoms with Gasteiger partial charge in [-0.05, 0) is 19.1 Å². The first-order valence-electron chi connectivity index (χ1n) is 6.61. The van der Waals surface area contributed by atoms with Crippen molar-refractivity contribution in [1.82, 2.24) is 4.98 Å². The van der Waals surface area contributed by atoms with E-state index in [9.17, 15) is 17.2 Å². The Balaban J connectivity index is 2.29. The van der Waals surface area contributed by atoms with Gasteiger partial charge in [0.2, 0.25) is 9.84 Å². The molecule has 116 valence electrons. The van der Waals surface area contributed by atoms with E-state index in [-0.39, 0.29) is 22.4 Å². The molecule has 2 heterocycles. The van der Waals surface area contributed by atoms with Crippen LogP contribution in [0.1, 0.15) is 6.92 Å². The Kier molecular flexibility index (Phi) is 3.48. The minimum Gasteiger partial charge on any atom is -0.377 e. The van der Waals surface area contributed by atoms with Crippen LogP contribution in [0.3, 0.4) is 0 Å². The molecule has 1 aromatic carbocycles. The van der Waals surface area contributed by atoms with Gasteiger partial charge >= 0.3 is 0 Å². The average Bonchev–Trinajstić information content (AvgIpc) is 2.49. The lowest BCUT2D eigenvalue weighted by Crippen LogP contribution is -2.32. The van der Waals surface area contributed by atoms with Gasteiger partial charge in [0.05, 0.1) is 10.6 Å². The fraction of sp³-hybridized carbons (Fsp3) is 0.214. The van der Waals surface area contributed by atoms with Crippen LogP contribution in [0.2, 0.25) is 0 Å². The van der Waals surface area contributed by atoms with E-state index in [1.807, 2.05) is 0 Å². The monoisotopic (exact) mass is 325 g/mol. The van der Waals surface area contributed by atoms with Crippen LogP contribution >= 0.6 is 0 Å². The summed E-state index contributed by atoms with van der Waals surface area (Å²) in [5.41, 5.74) is -0.0403. The van der Waals surface area contributed by atoms with Crippen LogP contribution in [0, 0.1) is 11.8 Å². The number of pyridine rings is 1. The molecule has 22 heavy (non-hydrogen) atoms. The Morgan fingerprint density at radius 3 is 2.59 bits per heavy atom. The van der Waals surface area contributed by atoms with Crippen LogP contribution in [0.5, 0.6) is 0 Å². The van der Waals surface area contributed by atoms with E-state index >= 15 is 0 Å². The fourth-order valence-corrected chi connectivity index (χ4v) is 3.79. The smallest absolute Gasteiger partial charge is 0.252 e. The minimum atomic E-state index is -4.21. The van der Waals surface area contributed by atoms with Gasteiger partial charge in [-0.3, -0.25) is 0 Å². The highest BCUT2D eigenvalue weighted by atomic mass is 32.2.